The summed E-state index contributed by atoms with van der Waals surface area (Å²) in [7, 11) is 1.55. The Bertz CT molecular complexity index is 1750. The van der Waals surface area contributed by atoms with Gasteiger partial charge in [-0.15, -0.1) is 0 Å². The van der Waals surface area contributed by atoms with E-state index in [2.05, 4.69) is 5.32 Å². The zero-order valence-electron chi connectivity index (χ0n) is 22.1. The number of carbonyl (C=O) groups is 3. The van der Waals surface area contributed by atoms with E-state index in [4.69, 9.17) is 4.74 Å². The van der Waals surface area contributed by atoms with Gasteiger partial charge in [0.05, 0.1) is 19.1 Å². The first-order chi connectivity index (χ1) is 19.9. The molecule has 0 bridgehead atoms. The number of anilines is 1. The van der Waals surface area contributed by atoms with Gasteiger partial charge < -0.3 is 15.0 Å². The number of ether oxygens (including phenoxy) is 1. The number of carbonyl (C=O) groups excluding carboxylic acids is 3. The number of nitrogens with zero attached hydrogens (tertiary/aromatic N) is 1. The van der Waals surface area contributed by atoms with Crippen molar-refractivity contribution in [2.75, 3.05) is 12.4 Å². The molecule has 202 valence electrons. The van der Waals surface area contributed by atoms with Gasteiger partial charge in [0.2, 0.25) is 5.91 Å². The standard InChI is InChI=1S/C34H25FN2O4/c1-41-24-16-12-22(13-17-24)31(39)29-28(30(38)21-10-14-23(35)15-11-21)34(26-8-4-5-9-27(26)36-33(34)40)32-25-7-3-2-6-20(25)18-19-37(29)32/h2-19,28-29,32H,1H3,(H,36,40). The molecular weight excluding hydrogens is 519 g/mol. The highest BCUT2D eigenvalue weighted by Crippen LogP contribution is 2.62. The molecule has 1 spiro atoms. The summed E-state index contributed by atoms with van der Waals surface area (Å²) >= 11 is 0. The summed E-state index contributed by atoms with van der Waals surface area (Å²) in [5.41, 5.74) is 2.23. The molecule has 4 atom stereocenters. The maximum atomic E-state index is 14.7. The SMILES string of the molecule is COc1ccc(C(=O)C2C(C(=O)c3ccc(F)cc3)C3(C(=O)Nc4ccccc43)C3c4ccccc4C=CN23)cc1. The van der Waals surface area contributed by atoms with Crippen LogP contribution in [0.25, 0.3) is 6.08 Å². The number of fused-ring (bicyclic) bond motifs is 6. The van der Waals surface area contributed by atoms with E-state index in [0.29, 0.717) is 22.6 Å². The number of rotatable bonds is 5. The van der Waals surface area contributed by atoms with Crippen LogP contribution in [0.5, 0.6) is 5.75 Å². The van der Waals surface area contributed by atoms with Crippen molar-refractivity contribution in [2.45, 2.75) is 17.5 Å². The topological polar surface area (TPSA) is 75.7 Å². The van der Waals surface area contributed by atoms with Crippen LogP contribution in [0.4, 0.5) is 10.1 Å². The van der Waals surface area contributed by atoms with Crippen LogP contribution in [-0.2, 0) is 10.2 Å². The van der Waals surface area contributed by atoms with Gasteiger partial charge in [-0.2, -0.15) is 0 Å². The summed E-state index contributed by atoms with van der Waals surface area (Å²) in [5, 5.41) is 3.02. The first kappa shape index (κ1) is 25.0. The lowest BCUT2D eigenvalue weighted by molar-refractivity contribution is -0.122. The third-order valence-electron chi connectivity index (χ3n) is 8.62. The van der Waals surface area contributed by atoms with Crippen LogP contribution >= 0.6 is 0 Å². The number of para-hydroxylation sites is 1. The minimum absolute atomic E-state index is 0.234. The molecule has 0 radical (unpaired) electrons. The molecule has 4 aromatic carbocycles. The highest BCUT2D eigenvalue weighted by atomic mass is 19.1. The molecule has 1 N–H and O–H groups in total. The van der Waals surface area contributed by atoms with E-state index in [1.807, 2.05) is 65.7 Å². The summed E-state index contributed by atoms with van der Waals surface area (Å²) in [6.45, 7) is 0. The number of methoxy groups -OCH3 is 1. The molecule has 3 aliphatic heterocycles. The van der Waals surface area contributed by atoms with Crippen molar-refractivity contribution in [1.82, 2.24) is 4.90 Å². The summed E-state index contributed by atoms with van der Waals surface area (Å²) in [4.78, 5) is 45.4. The maximum absolute atomic E-state index is 14.7. The molecule has 0 aromatic heterocycles. The zero-order valence-corrected chi connectivity index (χ0v) is 22.1. The molecule has 1 amide bonds. The summed E-state index contributed by atoms with van der Waals surface area (Å²) in [6.07, 6.45) is 3.74. The van der Waals surface area contributed by atoms with Crippen LogP contribution in [0, 0.1) is 11.7 Å². The summed E-state index contributed by atoms with van der Waals surface area (Å²) in [5.74, 6) is -2.04. The molecule has 0 saturated carbocycles. The number of halogens is 1. The largest absolute Gasteiger partial charge is 0.497 e. The van der Waals surface area contributed by atoms with Crippen LogP contribution < -0.4 is 10.1 Å². The molecule has 1 saturated heterocycles. The van der Waals surface area contributed by atoms with Gasteiger partial charge >= 0.3 is 0 Å². The van der Waals surface area contributed by atoms with E-state index in [1.165, 1.54) is 24.3 Å². The minimum Gasteiger partial charge on any atom is -0.497 e. The fraction of sp³-hybridized carbons (Fsp3) is 0.147. The molecule has 3 aliphatic rings. The van der Waals surface area contributed by atoms with E-state index in [0.717, 1.165) is 11.1 Å². The Morgan fingerprint density at radius 3 is 2.27 bits per heavy atom. The fourth-order valence-electron chi connectivity index (χ4n) is 6.89. The lowest BCUT2D eigenvalue weighted by atomic mass is 9.62. The van der Waals surface area contributed by atoms with Crippen molar-refractivity contribution in [2.24, 2.45) is 5.92 Å². The van der Waals surface area contributed by atoms with Gasteiger partial charge in [0, 0.05) is 23.0 Å². The van der Waals surface area contributed by atoms with Crippen molar-refractivity contribution >= 4 is 29.2 Å². The van der Waals surface area contributed by atoms with Crippen molar-refractivity contribution in [3.05, 3.63) is 137 Å². The van der Waals surface area contributed by atoms with Crippen molar-refractivity contribution < 1.29 is 23.5 Å². The second-order valence-electron chi connectivity index (χ2n) is 10.5. The third-order valence-corrected chi connectivity index (χ3v) is 8.62. The van der Waals surface area contributed by atoms with Gasteiger partial charge in [0.1, 0.15) is 23.0 Å². The molecule has 7 rings (SSSR count). The number of Topliss-reactive ketones (excluding diaryl/α,β-unsaturated/α-hetero) is 2. The van der Waals surface area contributed by atoms with Gasteiger partial charge in [-0.1, -0.05) is 42.5 Å². The Hall–Kier alpha value is -5.04. The Morgan fingerprint density at radius 2 is 1.51 bits per heavy atom. The monoisotopic (exact) mass is 544 g/mol. The van der Waals surface area contributed by atoms with Crippen LogP contribution in [0.1, 0.15) is 43.4 Å². The molecule has 1 fully saturated rings. The summed E-state index contributed by atoms with van der Waals surface area (Å²) < 4.78 is 19.2. The lowest BCUT2D eigenvalue weighted by Gasteiger charge is -2.38. The highest BCUT2D eigenvalue weighted by Gasteiger charge is 2.70. The second kappa shape index (κ2) is 9.27. The van der Waals surface area contributed by atoms with E-state index in [9.17, 15) is 18.8 Å². The van der Waals surface area contributed by atoms with Crippen molar-refractivity contribution in [1.29, 1.82) is 0 Å². The molecular formula is C34H25FN2O4. The van der Waals surface area contributed by atoms with Crippen molar-refractivity contribution in [3.63, 3.8) is 0 Å². The van der Waals surface area contributed by atoms with Gasteiger partial charge in [0.15, 0.2) is 11.6 Å². The van der Waals surface area contributed by atoms with E-state index in [-0.39, 0.29) is 17.3 Å². The van der Waals surface area contributed by atoms with E-state index in [1.54, 1.807) is 31.4 Å². The third kappa shape index (κ3) is 3.51. The molecule has 4 aromatic rings. The number of hydrogen-bond acceptors (Lipinski definition) is 5. The smallest absolute Gasteiger partial charge is 0.238 e. The molecule has 0 aliphatic carbocycles. The molecule has 41 heavy (non-hydrogen) atoms. The van der Waals surface area contributed by atoms with Gasteiger partial charge in [-0.25, -0.2) is 4.39 Å². The Labute approximate surface area is 236 Å². The summed E-state index contributed by atoms with van der Waals surface area (Å²) in [6, 6.07) is 25.4. The van der Waals surface area contributed by atoms with Gasteiger partial charge in [0.25, 0.3) is 0 Å². The van der Waals surface area contributed by atoms with Crippen molar-refractivity contribution in [3.8, 4) is 5.75 Å². The Balaban J connectivity index is 1.52. The van der Waals surface area contributed by atoms with E-state index < -0.39 is 35.0 Å². The Morgan fingerprint density at radius 1 is 0.854 bits per heavy atom. The lowest BCUT2D eigenvalue weighted by Crippen LogP contribution is -2.49. The predicted molar refractivity (Wildman–Crippen MR) is 152 cm³/mol. The number of hydrogen-bond donors (Lipinski definition) is 1. The average Bonchev–Trinajstić information content (AvgIpc) is 3.49. The molecule has 6 nitrogen and oxygen atoms in total. The molecule has 4 unspecified atom stereocenters. The number of benzene rings is 4. The quantitative estimate of drug-likeness (QED) is 0.321. The van der Waals surface area contributed by atoms with Crippen LogP contribution in [-0.4, -0.2) is 35.5 Å². The van der Waals surface area contributed by atoms with Gasteiger partial charge in [-0.3, -0.25) is 14.4 Å². The van der Waals surface area contributed by atoms with Crippen LogP contribution in [0.15, 0.2) is 103 Å². The maximum Gasteiger partial charge on any atom is 0.238 e. The van der Waals surface area contributed by atoms with Crippen LogP contribution in [0.2, 0.25) is 0 Å². The first-order valence-corrected chi connectivity index (χ1v) is 13.4. The zero-order chi connectivity index (χ0) is 28.3. The van der Waals surface area contributed by atoms with E-state index >= 15 is 0 Å². The molecule has 7 heteroatoms. The normalized spacial score (nSPS) is 23.5. The number of amides is 1. The molecule has 3 heterocycles. The predicted octanol–water partition coefficient (Wildman–Crippen LogP) is 5.82. The Kier molecular flexibility index (Phi) is 5.64. The fourth-order valence-corrected chi connectivity index (χ4v) is 6.89. The average molecular weight is 545 g/mol. The first-order valence-electron chi connectivity index (χ1n) is 13.4. The van der Waals surface area contributed by atoms with Crippen LogP contribution in [0.3, 0.4) is 0 Å². The van der Waals surface area contributed by atoms with Gasteiger partial charge in [-0.05, 0) is 77.4 Å². The minimum atomic E-state index is -1.43. The second-order valence-corrected chi connectivity index (χ2v) is 10.5. The number of ketones is 2. The number of nitrogens with one attached hydrogen (secondary N) is 1. The highest BCUT2D eigenvalue weighted by molar-refractivity contribution is 6.16.